The lowest BCUT2D eigenvalue weighted by Crippen LogP contribution is -2.40. The van der Waals surface area contributed by atoms with Crippen molar-refractivity contribution in [2.75, 3.05) is 62.8 Å². The molecule has 172 valence electrons. The molecule has 3 heterocycles. The second-order valence-electron chi connectivity index (χ2n) is 8.47. The predicted molar refractivity (Wildman–Crippen MR) is 119 cm³/mol. The monoisotopic (exact) mass is 451 g/mol. The molecule has 8 nitrogen and oxygen atoms in total. The first-order valence-electron chi connectivity index (χ1n) is 11.4. The number of anilines is 2. The lowest BCUT2D eigenvalue weighted by atomic mass is 9.99. The number of hydrogen-bond donors (Lipinski definition) is 1. The van der Waals surface area contributed by atoms with Crippen molar-refractivity contribution in [1.29, 1.82) is 0 Å². The number of carbonyl (C=O) groups excluding carboxylic acids is 1. The minimum Gasteiger partial charge on any atom is -0.381 e. The third kappa shape index (κ3) is 5.39. The molecule has 0 saturated carbocycles. The van der Waals surface area contributed by atoms with Gasteiger partial charge in [-0.25, -0.2) is 8.42 Å². The molecule has 3 fully saturated rings. The Bertz CT molecular complexity index is 856. The van der Waals surface area contributed by atoms with Gasteiger partial charge in [-0.2, -0.15) is 4.31 Å². The number of nitrogens with one attached hydrogen (secondary N) is 1. The van der Waals surface area contributed by atoms with Gasteiger partial charge < -0.3 is 19.7 Å². The number of rotatable bonds is 5. The van der Waals surface area contributed by atoms with E-state index in [9.17, 15) is 13.2 Å². The molecule has 0 radical (unpaired) electrons. The van der Waals surface area contributed by atoms with Crippen molar-refractivity contribution in [3.8, 4) is 0 Å². The summed E-state index contributed by atoms with van der Waals surface area (Å²) in [4.78, 5) is 15.5. The maximum Gasteiger partial charge on any atom is 0.243 e. The van der Waals surface area contributed by atoms with Crippen LogP contribution in [0.4, 0.5) is 11.4 Å². The zero-order valence-corrected chi connectivity index (χ0v) is 18.9. The molecule has 1 aromatic rings. The lowest BCUT2D eigenvalue weighted by Gasteiger charge is -2.29. The number of ether oxygens (including phenoxy) is 2. The van der Waals surface area contributed by atoms with Crippen LogP contribution in [-0.4, -0.2) is 71.2 Å². The number of benzene rings is 1. The maximum absolute atomic E-state index is 13.2. The molecule has 3 aliphatic rings. The first-order valence-corrected chi connectivity index (χ1v) is 12.9. The van der Waals surface area contributed by atoms with Crippen LogP contribution in [0.2, 0.25) is 0 Å². The molecule has 0 aromatic heterocycles. The number of nitrogens with zero attached hydrogens (tertiary/aromatic N) is 2. The maximum atomic E-state index is 13.2. The summed E-state index contributed by atoms with van der Waals surface area (Å²) in [5.74, 6) is -0.162. The highest BCUT2D eigenvalue weighted by Crippen LogP contribution is 2.33. The minimum absolute atomic E-state index is 0.0553. The summed E-state index contributed by atoms with van der Waals surface area (Å²) in [5.41, 5.74) is 1.50. The van der Waals surface area contributed by atoms with Gasteiger partial charge in [0.2, 0.25) is 15.9 Å². The van der Waals surface area contributed by atoms with Crippen molar-refractivity contribution in [3.63, 3.8) is 0 Å². The zero-order chi connectivity index (χ0) is 21.7. The standard InChI is InChI=1S/C22H33N3O5S/c26-22(18-7-13-29-14-8-18)23-20-17-19(31(27,28)25-11-15-30-16-12-25)5-6-21(20)24-9-3-1-2-4-10-24/h5-6,17-18H,1-4,7-16H2,(H,23,26). The van der Waals surface area contributed by atoms with Gasteiger partial charge in [-0.3, -0.25) is 4.79 Å². The van der Waals surface area contributed by atoms with Crippen molar-refractivity contribution in [2.45, 2.75) is 43.4 Å². The number of sulfonamides is 1. The molecule has 1 aromatic carbocycles. The van der Waals surface area contributed by atoms with Gasteiger partial charge in [-0.05, 0) is 43.9 Å². The second-order valence-corrected chi connectivity index (χ2v) is 10.4. The molecule has 0 unspecified atom stereocenters. The number of hydrogen-bond acceptors (Lipinski definition) is 6. The van der Waals surface area contributed by atoms with Gasteiger partial charge in [0.25, 0.3) is 0 Å². The van der Waals surface area contributed by atoms with Crippen molar-refractivity contribution in [3.05, 3.63) is 18.2 Å². The van der Waals surface area contributed by atoms with E-state index in [2.05, 4.69) is 10.2 Å². The summed E-state index contributed by atoms with van der Waals surface area (Å²) in [6.07, 6.45) is 5.98. The van der Waals surface area contributed by atoms with Crippen LogP contribution in [0.5, 0.6) is 0 Å². The predicted octanol–water partition coefficient (Wildman–Crippen LogP) is 2.45. The molecule has 0 aliphatic carbocycles. The van der Waals surface area contributed by atoms with Crippen LogP contribution < -0.4 is 10.2 Å². The Kier molecular flexibility index (Phi) is 7.47. The van der Waals surface area contributed by atoms with E-state index in [1.165, 1.54) is 17.1 Å². The van der Waals surface area contributed by atoms with E-state index in [4.69, 9.17) is 9.47 Å². The highest BCUT2D eigenvalue weighted by molar-refractivity contribution is 7.89. The van der Waals surface area contributed by atoms with E-state index in [0.717, 1.165) is 31.6 Å². The fraction of sp³-hybridized carbons (Fsp3) is 0.682. The molecule has 3 saturated heterocycles. The first kappa shape index (κ1) is 22.5. The molecule has 9 heteroatoms. The Labute approximate surface area is 184 Å². The van der Waals surface area contributed by atoms with Crippen LogP contribution in [0.15, 0.2) is 23.1 Å². The molecule has 4 rings (SSSR count). The number of carbonyl (C=O) groups is 1. The van der Waals surface area contributed by atoms with E-state index < -0.39 is 10.0 Å². The van der Waals surface area contributed by atoms with Gasteiger partial charge in [-0.15, -0.1) is 0 Å². The second kappa shape index (κ2) is 10.3. The van der Waals surface area contributed by atoms with E-state index in [1.807, 2.05) is 6.07 Å². The van der Waals surface area contributed by atoms with Crippen LogP contribution >= 0.6 is 0 Å². The molecule has 1 N–H and O–H groups in total. The third-order valence-electron chi connectivity index (χ3n) is 6.37. The summed E-state index contributed by atoms with van der Waals surface area (Å²) in [7, 11) is -3.64. The lowest BCUT2D eigenvalue weighted by molar-refractivity contribution is -0.122. The molecule has 1 amide bonds. The molecule has 0 spiro atoms. The first-order chi connectivity index (χ1) is 15.1. The van der Waals surface area contributed by atoms with E-state index in [-0.39, 0.29) is 16.7 Å². The Balaban J connectivity index is 1.63. The van der Waals surface area contributed by atoms with Crippen LogP contribution in [0, 0.1) is 5.92 Å². The van der Waals surface area contributed by atoms with E-state index in [0.29, 0.717) is 58.0 Å². The van der Waals surface area contributed by atoms with Crippen molar-refractivity contribution < 1.29 is 22.7 Å². The van der Waals surface area contributed by atoms with Crippen molar-refractivity contribution >= 4 is 27.3 Å². The molecule has 0 atom stereocenters. The largest absolute Gasteiger partial charge is 0.381 e. The Morgan fingerprint density at radius 1 is 0.903 bits per heavy atom. The molecule has 31 heavy (non-hydrogen) atoms. The summed E-state index contributed by atoms with van der Waals surface area (Å²) < 4.78 is 38.5. The fourth-order valence-electron chi connectivity index (χ4n) is 4.49. The van der Waals surface area contributed by atoms with Gasteiger partial charge in [0.15, 0.2) is 0 Å². The fourth-order valence-corrected chi connectivity index (χ4v) is 5.93. The van der Waals surface area contributed by atoms with Gasteiger partial charge in [0, 0.05) is 45.3 Å². The highest BCUT2D eigenvalue weighted by atomic mass is 32.2. The van der Waals surface area contributed by atoms with Crippen LogP contribution in [0.1, 0.15) is 38.5 Å². The van der Waals surface area contributed by atoms with Gasteiger partial charge >= 0.3 is 0 Å². The van der Waals surface area contributed by atoms with Crippen LogP contribution in [0.3, 0.4) is 0 Å². The minimum atomic E-state index is -3.64. The SMILES string of the molecule is O=C(Nc1cc(S(=O)(=O)N2CCOCC2)ccc1N1CCCCCC1)C1CCOCC1. The smallest absolute Gasteiger partial charge is 0.243 e. The summed E-state index contributed by atoms with van der Waals surface area (Å²) in [5, 5.41) is 3.07. The van der Waals surface area contributed by atoms with Gasteiger partial charge in [0.05, 0.1) is 29.5 Å². The molecule has 0 bridgehead atoms. The molecule has 3 aliphatic heterocycles. The van der Waals surface area contributed by atoms with Crippen molar-refractivity contribution in [2.24, 2.45) is 5.92 Å². The number of morpholine rings is 1. The van der Waals surface area contributed by atoms with Gasteiger partial charge in [0.1, 0.15) is 0 Å². The van der Waals surface area contributed by atoms with E-state index >= 15 is 0 Å². The molecular formula is C22H33N3O5S. The zero-order valence-electron chi connectivity index (χ0n) is 18.1. The van der Waals surface area contributed by atoms with Crippen molar-refractivity contribution in [1.82, 2.24) is 4.31 Å². The average Bonchev–Trinajstić information content (AvgIpc) is 3.10. The Morgan fingerprint density at radius 2 is 1.55 bits per heavy atom. The summed E-state index contributed by atoms with van der Waals surface area (Å²) >= 11 is 0. The summed E-state index contributed by atoms with van der Waals surface area (Å²) in [6, 6.07) is 5.18. The van der Waals surface area contributed by atoms with E-state index in [1.54, 1.807) is 12.1 Å². The number of amides is 1. The quantitative estimate of drug-likeness (QED) is 0.740. The van der Waals surface area contributed by atoms with Crippen LogP contribution in [-0.2, 0) is 24.3 Å². The van der Waals surface area contributed by atoms with Crippen LogP contribution in [0.25, 0.3) is 0 Å². The third-order valence-corrected chi connectivity index (χ3v) is 8.27. The Hall–Kier alpha value is -1.68. The molecular weight excluding hydrogens is 418 g/mol. The average molecular weight is 452 g/mol. The Morgan fingerprint density at radius 3 is 2.23 bits per heavy atom. The normalized spacial score (nSPS) is 22.1. The van der Waals surface area contributed by atoms with Gasteiger partial charge in [-0.1, -0.05) is 12.8 Å². The highest BCUT2D eigenvalue weighted by Gasteiger charge is 2.29. The topological polar surface area (TPSA) is 88.2 Å². The summed E-state index contributed by atoms with van der Waals surface area (Å²) in [6.45, 7) is 4.49.